The van der Waals surface area contributed by atoms with Crippen molar-refractivity contribution in [2.24, 2.45) is 0 Å². The first kappa shape index (κ1) is 37.0. The molecule has 13 rings (SSSR count). The Morgan fingerprint density at radius 1 is 0.297 bits per heavy atom. The molecule has 0 bridgehead atoms. The molecular formula is C62H41NS. The maximum atomic E-state index is 2.55. The molecule has 10 aromatic carbocycles. The molecule has 0 saturated carbocycles. The van der Waals surface area contributed by atoms with Crippen molar-refractivity contribution in [2.75, 3.05) is 4.90 Å². The van der Waals surface area contributed by atoms with Gasteiger partial charge in [-0.1, -0.05) is 218 Å². The zero-order valence-corrected chi connectivity index (χ0v) is 35.8. The highest BCUT2D eigenvalue weighted by Crippen LogP contribution is 2.65. The lowest BCUT2D eigenvalue weighted by Crippen LogP contribution is -2.33. The van der Waals surface area contributed by atoms with Gasteiger partial charge >= 0.3 is 0 Å². The Kier molecular flexibility index (Phi) is 8.35. The average Bonchev–Trinajstić information content (AvgIpc) is 3.84. The molecule has 0 N–H and O–H groups in total. The van der Waals surface area contributed by atoms with Crippen LogP contribution in [0.2, 0.25) is 0 Å². The van der Waals surface area contributed by atoms with E-state index in [1.165, 1.54) is 87.7 Å². The molecule has 1 spiro atoms. The lowest BCUT2D eigenvalue weighted by molar-refractivity contribution is 0.722. The predicted molar refractivity (Wildman–Crippen MR) is 265 cm³/mol. The Morgan fingerprint density at radius 3 is 1.38 bits per heavy atom. The molecule has 64 heavy (non-hydrogen) atoms. The molecule has 0 amide bonds. The molecule has 0 unspecified atom stereocenters. The van der Waals surface area contributed by atoms with E-state index in [0.29, 0.717) is 0 Å². The zero-order valence-electron chi connectivity index (χ0n) is 35.0. The van der Waals surface area contributed by atoms with E-state index in [1.807, 2.05) is 11.8 Å². The number of fused-ring (bicyclic) bond motifs is 12. The standard InChI is InChI=1S/C62H41NS/c1-4-19-42(20-5-1)43-35-37-46(38-36-43)63(47-39-40-50-48-25-10-12-28-52(48)61(56(50)41-47,44-21-6-2-7-22-44)45-23-8-3-9-24-45)57-32-18-27-51-49-26-11-13-29-53(49)62(60(51)57)54-30-14-16-33-58(54)64-59-34-17-15-31-55(59)62/h1-41H. The Labute approximate surface area is 379 Å². The number of nitrogens with zero attached hydrogens (tertiary/aromatic N) is 1. The largest absolute Gasteiger partial charge is 0.310 e. The van der Waals surface area contributed by atoms with Crippen LogP contribution in [-0.4, -0.2) is 0 Å². The third-order valence-electron chi connectivity index (χ3n) is 14.0. The molecule has 1 heterocycles. The Bertz CT molecular complexity index is 3320. The van der Waals surface area contributed by atoms with Crippen LogP contribution in [0.15, 0.2) is 259 Å². The molecule has 2 heteroatoms. The van der Waals surface area contributed by atoms with E-state index < -0.39 is 10.8 Å². The second-order valence-corrected chi connectivity index (χ2v) is 18.2. The monoisotopic (exact) mass is 831 g/mol. The van der Waals surface area contributed by atoms with E-state index in [-0.39, 0.29) is 0 Å². The zero-order chi connectivity index (χ0) is 42.2. The highest BCUT2D eigenvalue weighted by atomic mass is 32.2. The number of rotatable bonds is 6. The van der Waals surface area contributed by atoms with Crippen molar-refractivity contribution < 1.29 is 0 Å². The van der Waals surface area contributed by atoms with Gasteiger partial charge in [0.2, 0.25) is 0 Å². The van der Waals surface area contributed by atoms with Gasteiger partial charge in [-0.25, -0.2) is 0 Å². The quantitative estimate of drug-likeness (QED) is 0.164. The summed E-state index contributed by atoms with van der Waals surface area (Å²) >= 11 is 1.89. The van der Waals surface area contributed by atoms with Crippen LogP contribution in [0.4, 0.5) is 17.1 Å². The molecule has 0 saturated heterocycles. The minimum atomic E-state index is -0.562. The topological polar surface area (TPSA) is 3.24 Å². The first-order chi connectivity index (χ1) is 31.8. The summed E-state index contributed by atoms with van der Waals surface area (Å²) in [6.45, 7) is 0. The summed E-state index contributed by atoms with van der Waals surface area (Å²) in [7, 11) is 0. The van der Waals surface area contributed by atoms with Crippen LogP contribution in [0.25, 0.3) is 33.4 Å². The van der Waals surface area contributed by atoms with Crippen LogP contribution in [0, 0.1) is 0 Å². The predicted octanol–water partition coefficient (Wildman–Crippen LogP) is 16.0. The van der Waals surface area contributed by atoms with Crippen molar-refractivity contribution in [3.63, 3.8) is 0 Å². The fraction of sp³-hybridized carbons (Fsp3) is 0.0323. The highest BCUT2D eigenvalue weighted by Gasteiger charge is 2.52. The molecule has 0 fully saturated rings. The van der Waals surface area contributed by atoms with Crippen molar-refractivity contribution in [3.05, 3.63) is 293 Å². The number of hydrogen-bond acceptors (Lipinski definition) is 2. The second-order valence-electron chi connectivity index (χ2n) is 17.1. The van der Waals surface area contributed by atoms with Crippen molar-refractivity contribution >= 4 is 28.8 Å². The van der Waals surface area contributed by atoms with Crippen molar-refractivity contribution in [1.82, 2.24) is 0 Å². The Hall–Kier alpha value is -7.65. The van der Waals surface area contributed by atoms with Gasteiger partial charge in [0.05, 0.1) is 16.5 Å². The summed E-state index contributed by atoms with van der Waals surface area (Å²) in [6, 6.07) is 92.8. The average molecular weight is 832 g/mol. The molecule has 2 aliphatic carbocycles. The summed E-state index contributed by atoms with van der Waals surface area (Å²) in [5, 5.41) is 0. The number of hydrogen-bond donors (Lipinski definition) is 0. The first-order valence-corrected chi connectivity index (χ1v) is 23.0. The van der Waals surface area contributed by atoms with E-state index >= 15 is 0 Å². The molecule has 1 aliphatic heterocycles. The van der Waals surface area contributed by atoms with Crippen LogP contribution in [-0.2, 0) is 10.8 Å². The number of anilines is 3. The molecule has 3 aliphatic rings. The van der Waals surface area contributed by atoms with E-state index in [9.17, 15) is 0 Å². The number of benzene rings is 10. The summed E-state index contributed by atoms with van der Waals surface area (Å²) in [5.41, 5.74) is 20.2. The minimum absolute atomic E-state index is 0.540. The molecule has 1 nitrogen and oxygen atoms in total. The van der Waals surface area contributed by atoms with Crippen molar-refractivity contribution in [1.29, 1.82) is 0 Å². The third-order valence-corrected chi connectivity index (χ3v) is 15.2. The summed E-state index contributed by atoms with van der Waals surface area (Å²) in [4.78, 5) is 5.14. The molecule has 0 atom stereocenters. The van der Waals surface area contributed by atoms with Gasteiger partial charge < -0.3 is 4.90 Å². The maximum Gasteiger partial charge on any atom is 0.0755 e. The summed E-state index contributed by atoms with van der Waals surface area (Å²) < 4.78 is 0. The third kappa shape index (κ3) is 5.15. The lowest BCUT2D eigenvalue weighted by Gasteiger charge is -2.42. The van der Waals surface area contributed by atoms with Crippen molar-refractivity contribution in [3.8, 4) is 33.4 Å². The van der Waals surface area contributed by atoms with Gasteiger partial charge in [0, 0.05) is 26.7 Å². The fourth-order valence-corrected chi connectivity index (χ4v) is 12.7. The van der Waals surface area contributed by atoms with E-state index in [4.69, 9.17) is 0 Å². The second kappa shape index (κ2) is 14.5. The van der Waals surface area contributed by atoms with E-state index in [1.54, 1.807) is 0 Å². The minimum Gasteiger partial charge on any atom is -0.310 e. The van der Waals surface area contributed by atoms with E-state index in [2.05, 4.69) is 254 Å². The maximum absolute atomic E-state index is 2.55. The van der Waals surface area contributed by atoms with Gasteiger partial charge in [-0.15, -0.1) is 0 Å². The smallest absolute Gasteiger partial charge is 0.0755 e. The van der Waals surface area contributed by atoms with Gasteiger partial charge in [-0.05, 0) is 115 Å². The normalized spacial score (nSPS) is 14.1. The van der Waals surface area contributed by atoms with Gasteiger partial charge in [0.1, 0.15) is 0 Å². The molecule has 300 valence electrons. The van der Waals surface area contributed by atoms with Gasteiger partial charge in [0.15, 0.2) is 0 Å². The van der Waals surface area contributed by atoms with Crippen LogP contribution in [0.5, 0.6) is 0 Å². The molecular weight excluding hydrogens is 791 g/mol. The molecule has 10 aromatic rings. The first-order valence-electron chi connectivity index (χ1n) is 22.2. The summed E-state index contributed by atoms with van der Waals surface area (Å²) in [5.74, 6) is 0. The Balaban J connectivity index is 1.13. The van der Waals surface area contributed by atoms with Crippen LogP contribution < -0.4 is 4.90 Å². The molecule has 0 radical (unpaired) electrons. The summed E-state index contributed by atoms with van der Waals surface area (Å²) in [6.07, 6.45) is 0. The highest BCUT2D eigenvalue weighted by molar-refractivity contribution is 7.99. The van der Waals surface area contributed by atoms with Crippen molar-refractivity contribution in [2.45, 2.75) is 20.6 Å². The van der Waals surface area contributed by atoms with Gasteiger partial charge in [-0.2, -0.15) is 0 Å². The van der Waals surface area contributed by atoms with Crippen LogP contribution in [0.1, 0.15) is 44.5 Å². The van der Waals surface area contributed by atoms with Gasteiger partial charge in [0.25, 0.3) is 0 Å². The Morgan fingerprint density at radius 2 is 0.750 bits per heavy atom. The lowest BCUT2D eigenvalue weighted by atomic mass is 9.66. The fourth-order valence-electron chi connectivity index (χ4n) is 11.5. The van der Waals surface area contributed by atoms with Gasteiger partial charge in [-0.3, -0.25) is 0 Å². The molecule has 0 aromatic heterocycles. The van der Waals surface area contributed by atoms with Crippen LogP contribution >= 0.6 is 11.8 Å². The SMILES string of the molecule is c1ccc(-c2ccc(N(c3ccc4c(c3)C(c3ccccc3)(c3ccccc3)c3ccccc3-4)c3cccc4c3C3(c5ccccc5Sc5ccccc53)c3ccccc3-4)cc2)cc1. The van der Waals surface area contributed by atoms with Crippen LogP contribution in [0.3, 0.4) is 0 Å². The van der Waals surface area contributed by atoms with E-state index in [0.717, 1.165) is 17.1 Å².